The van der Waals surface area contributed by atoms with Gasteiger partial charge in [0.15, 0.2) is 69.7 Å². The lowest BCUT2D eigenvalue weighted by molar-refractivity contribution is -0.340. The summed E-state index contributed by atoms with van der Waals surface area (Å²) in [5.74, 6) is -24.4. The minimum atomic E-state index is -2.70. The summed E-state index contributed by atoms with van der Waals surface area (Å²) >= 11 is 0. The number of hydrogen-bond donors (Lipinski definition) is 12. The molecule has 0 radical (unpaired) electrons. The van der Waals surface area contributed by atoms with Crippen molar-refractivity contribution in [3.8, 4) is 80.1 Å². The number of phenolic OH excluding ortho intramolecular Hbond substituents is 12. The molecule has 4 aromatic carbocycles. The van der Waals surface area contributed by atoms with Crippen LogP contribution in [0.25, 0.3) is 11.1 Å². The number of carbonyl (C=O) groups is 5. The first-order valence-corrected chi connectivity index (χ1v) is 16.8. The zero-order valence-electron chi connectivity index (χ0n) is 30.3. The van der Waals surface area contributed by atoms with Crippen LogP contribution < -0.4 is 0 Å². The normalized spacial score (nSPS) is 21.1. The number of rotatable bonds is 5. The Morgan fingerprint density at radius 3 is 1.47 bits per heavy atom. The van der Waals surface area contributed by atoms with E-state index in [4.69, 9.17) is 28.4 Å². The molecule has 23 nitrogen and oxygen atoms in total. The third-order valence-electron chi connectivity index (χ3n) is 9.14. The molecule has 0 bridgehead atoms. The highest BCUT2D eigenvalue weighted by Crippen LogP contribution is 2.53. The van der Waals surface area contributed by atoms with Crippen molar-refractivity contribution in [3.63, 3.8) is 0 Å². The molecule has 2 aliphatic heterocycles. The van der Waals surface area contributed by atoms with E-state index in [-0.39, 0.29) is 0 Å². The van der Waals surface area contributed by atoms with Crippen LogP contribution in [0, 0.1) is 0 Å². The quantitative estimate of drug-likeness (QED) is 0.0771. The molecule has 2 aliphatic rings. The van der Waals surface area contributed by atoms with Gasteiger partial charge in [0.1, 0.15) is 12.7 Å². The molecule has 1 fully saturated rings. The van der Waals surface area contributed by atoms with Crippen molar-refractivity contribution in [2.24, 2.45) is 0 Å². The number of phenols is 12. The van der Waals surface area contributed by atoms with E-state index in [9.17, 15) is 85.3 Å². The molecule has 0 amide bonds. The van der Waals surface area contributed by atoms with E-state index >= 15 is 0 Å². The maximum Gasteiger partial charge on any atom is 0.339 e. The molecule has 23 heteroatoms. The Kier molecular flexibility index (Phi) is 10.3. The molecule has 5 atom stereocenters. The maximum atomic E-state index is 14.3. The van der Waals surface area contributed by atoms with E-state index < -0.39 is 169 Å². The van der Waals surface area contributed by atoms with Gasteiger partial charge in [0, 0.05) is 25.0 Å². The lowest BCUT2D eigenvalue weighted by Gasteiger charge is -2.48. The molecule has 2 heterocycles. The minimum Gasteiger partial charge on any atom is -0.504 e. The summed E-state index contributed by atoms with van der Waals surface area (Å²) in [7, 11) is 0. The molecule has 316 valence electrons. The summed E-state index contributed by atoms with van der Waals surface area (Å²) in [5.41, 5.74) is -5.41. The largest absolute Gasteiger partial charge is 0.504 e. The maximum absolute atomic E-state index is 14.3. The number of aromatic hydroxyl groups is 12. The number of cyclic esters (lactones) is 1. The summed E-state index contributed by atoms with van der Waals surface area (Å²) in [6.07, 6.45) is -9.03. The van der Waals surface area contributed by atoms with Gasteiger partial charge in [-0.25, -0.2) is 19.2 Å². The third-order valence-corrected chi connectivity index (χ3v) is 9.14. The van der Waals surface area contributed by atoms with E-state index in [1.54, 1.807) is 0 Å². The predicted octanol–water partition coefficient (Wildman–Crippen LogP) is 1.65. The average Bonchev–Trinajstić information content (AvgIpc) is 3.18. The number of carbonyl (C=O) groups excluding carboxylic acids is 5. The van der Waals surface area contributed by atoms with Crippen molar-refractivity contribution in [1.29, 1.82) is 0 Å². The second kappa shape index (κ2) is 14.9. The molecular weight excluding hydrogens is 812 g/mol. The van der Waals surface area contributed by atoms with Crippen LogP contribution in [-0.4, -0.2) is 128 Å². The Hall–Kier alpha value is -8.21. The smallest absolute Gasteiger partial charge is 0.339 e. The van der Waals surface area contributed by atoms with Gasteiger partial charge >= 0.3 is 29.8 Å². The lowest BCUT2D eigenvalue weighted by atomic mass is 9.91. The Labute approximate surface area is 332 Å². The second-order valence-corrected chi connectivity index (χ2v) is 13.2. The Morgan fingerprint density at radius 1 is 0.600 bits per heavy atom. The molecular formula is C37H30O23. The minimum absolute atomic E-state index is 0.453. The Bertz CT molecular complexity index is 2460. The summed E-state index contributed by atoms with van der Waals surface area (Å²) in [6.45, 7) is 0.626. The summed E-state index contributed by atoms with van der Waals surface area (Å²) in [6, 6.07) is 3.38. The van der Waals surface area contributed by atoms with Crippen LogP contribution in [0.5, 0.6) is 69.0 Å². The highest BCUT2D eigenvalue weighted by atomic mass is 16.8. The fourth-order valence-electron chi connectivity index (χ4n) is 6.42. The zero-order chi connectivity index (χ0) is 44.3. The second-order valence-electron chi connectivity index (χ2n) is 13.2. The van der Waals surface area contributed by atoms with Crippen molar-refractivity contribution in [2.45, 2.75) is 44.1 Å². The van der Waals surface area contributed by atoms with Gasteiger partial charge in [0.2, 0.25) is 17.6 Å². The van der Waals surface area contributed by atoms with Gasteiger partial charge in [0.25, 0.3) is 5.79 Å². The van der Waals surface area contributed by atoms with Gasteiger partial charge in [-0.05, 0) is 36.4 Å². The van der Waals surface area contributed by atoms with Crippen LogP contribution in [0.1, 0.15) is 55.3 Å². The molecule has 0 spiro atoms. The molecule has 12 N–H and O–H groups in total. The first kappa shape index (κ1) is 41.4. The van der Waals surface area contributed by atoms with Gasteiger partial charge in [-0.1, -0.05) is 0 Å². The molecule has 60 heavy (non-hydrogen) atoms. The highest BCUT2D eigenvalue weighted by Gasteiger charge is 2.61. The van der Waals surface area contributed by atoms with Crippen LogP contribution in [-0.2, 0) is 33.2 Å². The van der Waals surface area contributed by atoms with Crippen LogP contribution >= 0.6 is 0 Å². The molecule has 4 aromatic rings. The topological polar surface area (TPSA) is 383 Å². The van der Waals surface area contributed by atoms with E-state index in [2.05, 4.69) is 0 Å². The van der Waals surface area contributed by atoms with Gasteiger partial charge in [-0.3, -0.25) is 4.79 Å². The van der Waals surface area contributed by atoms with Crippen molar-refractivity contribution in [3.05, 3.63) is 58.7 Å². The summed E-state index contributed by atoms with van der Waals surface area (Å²) in [5, 5.41) is 124. The van der Waals surface area contributed by atoms with Crippen molar-refractivity contribution < 1.29 is 114 Å². The molecule has 6 rings (SSSR count). The number of ether oxygens (including phenoxy) is 6. The molecule has 5 unspecified atom stereocenters. The van der Waals surface area contributed by atoms with Crippen LogP contribution in [0.3, 0.4) is 0 Å². The SMILES string of the molecule is CC(=O)OC1(C)OC2COC(=O)c3cc(O)c(O)c(O)c3-c3c(cc(O)c(O)c3O)C(=O)OC2C(OC(=O)c2cc(O)c(O)c(O)c2)C1OC(=O)c1cc(O)c(O)c(O)c1. The average molecular weight is 843 g/mol. The first-order chi connectivity index (χ1) is 28.0. The molecule has 1 saturated heterocycles. The Morgan fingerprint density at radius 2 is 1.02 bits per heavy atom. The fraction of sp³-hybridized carbons (Fsp3) is 0.216. The molecule has 0 aromatic heterocycles. The van der Waals surface area contributed by atoms with Crippen molar-refractivity contribution in [1.82, 2.24) is 0 Å². The van der Waals surface area contributed by atoms with Crippen molar-refractivity contribution in [2.75, 3.05) is 6.61 Å². The van der Waals surface area contributed by atoms with Crippen LogP contribution in [0.2, 0.25) is 0 Å². The third kappa shape index (κ3) is 7.15. The first-order valence-electron chi connectivity index (χ1n) is 16.8. The summed E-state index contributed by atoms with van der Waals surface area (Å²) < 4.78 is 33.6. The predicted molar refractivity (Wildman–Crippen MR) is 188 cm³/mol. The standard InChI is InChI=1S/C37H30O23/c1-10(38)59-37(2)32(58-34(52)12-5-17(41)25(46)18(42)6-12)31(57-33(51)11-3-15(39)24(45)16(40)4-11)30-21(60-37)9-55-35(53)13-7-19(43)26(47)28(49)22(13)23-14(36(54)56-30)8-20(44)27(48)29(23)50/h3-8,21,30-32,39-50H,9H2,1-2H3. The van der Waals surface area contributed by atoms with Crippen molar-refractivity contribution >= 4 is 29.8 Å². The number of hydrogen-bond acceptors (Lipinski definition) is 23. The number of esters is 5. The van der Waals surface area contributed by atoms with Crippen LogP contribution in [0.4, 0.5) is 0 Å². The highest BCUT2D eigenvalue weighted by molar-refractivity contribution is 6.08. The van der Waals surface area contributed by atoms with Crippen LogP contribution in [0.15, 0.2) is 36.4 Å². The Balaban J connectivity index is 1.58. The zero-order valence-corrected chi connectivity index (χ0v) is 30.3. The lowest BCUT2D eigenvalue weighted by Crippen LogP contribution is -2.68. The van der Waals surface area contributed by atoms with Gasteiger partial charge in [0.05, 0.1) is 22.3 Å². The van der Waals surface area contributed by atoms with E-state index in [1.807, 2.05) is 0 Å². The molecule has 0 aliphatic carbocycles. The van der Waals surface area contributed by atoms with E-state index in [0.29, 0.717) is 36.4 Å². The van der Waals surface area contributed by atoms with E-state index in [0.717, 1.165) is 13.8 Å². The van der Waals surface area contributed by atoms with Gasteiger partial charge < -0.3 is 89.7 Å². The molecule has 0 saturated carbocycles. The number of benzene rings is 4. The number of fused-ring (bicyclic) bond motifs is 4. The van der Waals surface area contributed by atoms with E-state index in [1.165, 1.54) is 0 Å². The monoisotopic (exact) mass is 842 g/mol. The summed E-state index contributed by atoms with van der Waals surface area (Å²) in [4.78, 5) is 68.0. The van der Waals surface area contributed by atoms with Gasteiger partial charge in [-0.15, -0.1) is 0 Å². The van der Waals surface area contributed by atoms with Gasteiger partial charge in [-0.2, -0.15) is 0 Å². The fourth-order valence-corrected chi connectivity index (χ4v) is 6.42.